The number of carbonyl (C=O) groups is 1. The molecule has 2 aromatic rings. The van der Waals surface area contributed by atoms with Crippen LogP contribution in [0.25, 0.3) is 11.0 Å². The number of nitrogen functional groups attached to an aromatic ring is 1. The SMILES string of the molecule is C=[S-](=O)ONC1CCN(Cc2cc3c(N)nccc3o2)C1=O. The van der Waals surface area contributed by atoms with Gasteiger partial charge in [0.05, 0.1) is 11.9 Å². The summed E-state index contributed by atoms with van der Waals surface area (Å²) in [4.78, 5) is 17.8. The molecule has 1 unspecified atom stereocenters. The first-order valence-corrected chi connectivity index (χ1v) is 7.85. The van der Waals surface area contributed by atoms with E-state index >= 15 is 0 Å². The number of aromatic nitrogens is 1. The summed E-state index contributed by atoms with van der Waals surface area (Å²) in [6.45, 7) is 0.882. The lowest BCUT2D eigenvalue weighted by Gasteiger charge is -2.16. The number of hydrogen-bond acceptors (Lipinski definition) is 8. The first-order valence-electron chi connectivity index (χ1n) is 6.60. The smallest absolute Gasteiger partial charge is 0.242 e. The highest BCUT2D eigenvalue weighted by atomic mass is 32.2. The van der Waals surface area contributed by atoms with Crippen molar-refractivity contribution >= 4 is 39.2 Å². The zero-order valence-electron chi connectivity index (χ0n) is 11.7. The molecule has 0 aliphatic carbocycles. The van der Waals surface area contributed by atoms with Crippen molar-refractivity contribution in [2.75, 3.05) is 12.3 Å². The minimum Gasteiger partial charge on any atom is -0.459 e. The molecule has 9 heteroatoms. The summed E-state index contributed by atoms with van der Waals surface area (Å²) in [5.41, 5.74) is 8.89. The van der Waals surface area contributed by atoms with Gasteiger partial charge < -0.3 is 23.5 Å². The average molecular weight is 323 g/mol. The molecule has 8 nitrogen and oxygen atoms in total. The Kier molecular flexibility index (Phi) is 4.01. The molecule has 1 aliphatic rings. The second-order valence-corrected chi connectivity index (χ2v) is 5.70. The van der Waals surface area contributed by atoms with Gasteiger partial charge in [-0.1, -0.05) is 0 Å². The van der Waals surface area contributed by atoms with E-state index in [2.05, 4.69) is 20.6 Å². The molecule has 22 heavy (non-hydrogen) atoms. The summed E-state index contributed by atoms with van der Waals surface area (Å²) in [7, 11) is -1.71. The first kappa shape index (κ1) is 14.8. The minimum absolute atomic E-state index is 0.142. The van der Waals surface area contributed by atoms with Gasteiger partial charge in [-0.3, -0.25) is 4.79 Å². The van der Waals surface area contributed by atoms with E-state index in [4.69, 9.17) is 10.2 Å². The number of furan rings is 1. The molecule has 0 saturated carbocycles. The maximum atomic E-state index is 12.2. The largest absolute Gasteiger partial charge is 0.459 e. The number of nitrogens with zero attached hydrogens (tertiary/aromatic N) is 2. The van der Waals surface area contributed by atoms with Gasteiger partial charge in [-0.15, -0.1) is 10.7 Å². The van der Waals surface area contributed by atoms with Gasteiger partial charge in [-0.25, -0.2) is 10.5 Å². The van der Waals surface area contributed by atoms with Crippen LogP contribution in [0.1, 0.15) is 12.2 Å². The van der Waals surface area contributed by atoms with E-state index in [-0.39, 0.29) is 5.91 Å². The molecule has 3 N–H and O–H groups in total. The van der Waals surface area contributed by atoms with E-state index in [9.17, 15) is 9.00 Å². The third-order valence-electron chi connectivity index (χ3n) is 3.45. The molecule has 1 saturated heterocycles. The van der Waals surface area contributed by atoms with Crippen molar-refractivity contribution in [2.24, 2.45) is 0 Å². The fourth-order valence-electron chi connectivity index (χ4n) is 2.42. The first-order chi connectivity index (χ1) is 10.5. The van der Waals surface area contributed by atoms with Crippen molar-refractivity contribution < 1.29 is 17.7 Å². The highest BCUT2D eigenvalue weighted by Crippen LogP contribution is 2.25. The summed E-state index contributed by atoms with van der Waals surface area (Å²) < 4.78 is 21.1. The number of hydrogen-bond donors (Lipinski definition) is 2. The van der Waals surface area contributed by atoms with Gasteiger partial charge >= 0.3 is 0 Å². The molecule has 1 amide bonds. The molecule has 0 spiro atoms. The topological polar surface area (TPSA) is 111 Å². The summed E-state index contributed by atoms with van der Waals surface area (Å²) in [6.07, 6.45) is 2.13. The quantitative estimate of drug-likeness (QED) is 0.464. The van der Waals surface area contributed by atoms with Crippen molar-refractivity contribution in [3.8, 4) is 0 Å². The number of likely N-dealkylation sites (tertiary alicyclic amines) is 1. The second-order valence-electron chi connectivity index (χ2n) is 4.93. The van der Waals surface area contributed by atoms with E-state index in [0.717, 1.165) is 5.39 Å². The maximum Gasteiger partial charge on any atom is 0.242 e. The molecular weight excluding hydrogens is 308 g/mol. The molecule has 1 fully saturated rings. The predicted octanol–water partition coefficient (Wildman–Crippen LogP) is 0.343. The Labute approximate surface area is 128 Å². The van der Waals surface area contributed by atoms with Gasteiger partial charge in [0.2, 0.25) is 5.91 Å². The van der Waals surface area contributed by atoms with Crippen LogP contribution in [-0.4, -0.2) is 34.2 Å². The molecule has 3 rings (SSSR count). The summed E-state index contributed by atoms with van der Waals surface area (Å²) in [5.74, 6) is 4.06. The molecule has 1 aliphatic heterocycles. The fraction of sp³-hybridized carbons (Fsp3) is 0.308. The van der Waals surface area contributed by atoms with Crippen LogP contribution in [0.3, 0.4) is 0 Å². The van der Waals surface area contributed by atoms with Crippen molar-refractivity contribution in [2.45, 2.75) is 19.0 Å². The lowest BCUT2D eigenvalue weighted by Crippen LogP contribution is -2.37. The zero-order chi connectivity index (χ0) is 15.7. The Bertz CT molecular complexity index is 777. The van der Waals surface area contributed by atoms with Gasteiger partial charge in [-0.2, -0.15) is 5.87 Å². The van der Waals surface area contributed by atoms with E-state index in [1.165, 1.54) is 0 Å². The van der Waals surface area contributed by atoms with Crippen molar-refractivity contribution in [3.63, 3.8) is 0 Å². The normalized spacial score (nSPS) is 18.7. The van der Waals surface area contributed by atoms with Crippen molar-refractivity contribution in [1.82, 2.24) is 15.4 Å². The number of amides is 1. The van der Waals surface area contributed by atoms with E-state index < -0.39 is 16.7 Å². The second kappa shape index (κ2) is 5.95. The van der Waals surface area contributed by atoms with E-state index in [1.54, 1.807) is 23.2 Å². The molecule has 1 atom stereocenters. The summed E-state index contributed by atoms with van der Waals surface area (Å²) >= 11 is 0. The van der Waals surface area contributed by atoms with Crippen LogP contribution in [0.15, 0.2) is 22.7 Å². The van der Waals surface area contributed by atoms with Crippen LogP contribution in [0, 0.1) is 0 Å². The number of rotatable bonds is 5. The van der Waals surface area contributed by atoms with E-state index in [0.29, 0.717) is 36.7 Å². The molecule has 0 bridgehead atoms. The Balaban J connectivity index is 1.70. The number of pyridine rings is 1. The average Bonchev–Trinajstić information content (AvgIpc) is 3.03. The van der Waals surface area contributed by atoms with Gasteiger partial charge in [0, 0.05) is 12.7 Å². The monoisotopic (exact) mass is 323 g/mol. The third-order valence-corrected chi connectivity index (χ3v) is 3.74. The molecule has 0 aromatic carbocycles. The van der Waals surface area contributed by atoms with Gasteiger partial charge in [0.25, 0.3) is 0 Å². The van der Waals surface area contributed by atoms with Crippen LogP contribution in [-0.2, 0) is 30.5 Å². The Morgan fingerprint density at radius 3 is 3.18 bits per heavy atom. The number of nitrogens with one attached hydrogen (secondary N) is 1. The van der Waals surface area contributed by atoms with Crippen LogP contribution in [0.4, 0.5) is 5.82 Å². The maximum absolute atomic E-state index is 12.2. The molecule has 2 aromatic heterocycles. The predicted molar refractivity (Wildman–Crippen MR) is 81.6 cm³/mol. The standard InChI is InChI=1S/C13H15N4O4S/c1-22(19)21-16-10-3-5-17(13(10)18)7-8-6-9-11(20-8)2-4-15-12(9)14/h2,4,6,10,16H,1,3,5,7H2,(H2,14,15)/q-1. The number of anilines is 1. The van der Waals surface area contributed by atoms with Crippen LogP contribution in [0.5, 0.6) is 0 Å². The zero-order valence-corrected chi connectivity index (χ0v) is 12.5. The lowest BCUT2D eigenvalue weighted by atomic mass is 10.3. The number of hydroxylamine groups is 1. The molecule has 0 radical (unpaired) electrons. The summed E-state index contributed by atoms with van der Waals surface area (Å²) in [5, 5.41) is 0.731. The Hall–Kier alpha value is -2.10. The van der Waals surface area contributed by atoms with Crippen LogP contribution < -0.4 is 11.2 Å². The number of fused-ring (bicyclic) bond motifs is 1. The fourth-order valence-corrected chi connectivity index (χ4v) is 2.64. The number of carbonyl (C=O) groups excluding carboxylic acids is 1. The molecular formula is C13H15N4O4S-. The summed E-state index contributed by atoms with van der Waals surface area (Å²) in [6, 6.07) is 2.98. The highest BCUT2D eigenvalue weighted by molar-refractivity contribution is 7.77. The minimum atomic E-state index is -1.71. The van der Waals surface area contributed by atoms with Gasteiger partial charge in [-0.05, 0) is 18.6 Å². The van der Waals surface area contributed by atoms with E-state index in [1.807, 2.05) is 0 Å². The van der Waals surface area contributed by atoms with Crippen molar-refractivity contribution in [1.29, 1.82) is 0 Å². The molecule has 118 valence electrons. The van der Waals surface area contributed by atoms with Crippen LogP contribution >= 0.6 is 0 Å². The van der Waals surface area contributed by atoms with Gasteiger partial charge in [0.15, 0.2) is 0 Å². The number of nitrogens with two attached hydrogens (primary N) is 1. The van der Waals surface area contributed by atoms with Crippen molar-refractivity contribution in [3.05, 3.63) is 24.1 Å². The highest BCUT2D eigenvalue weighted by Gasteiger charge is 2.31. The Morgan fingerprint density at radius 1 is 1.64 bits per heavy atom. The Morgan fingerprint density at radius 2 is 2.45 bits per heavy atom. The third kappa shape index (κ3) is 2.91. The van der Waals surface area contributed by atoms with Crippen LogP contribution in [0.2, 0.25) is 0 Å². The van der Waals surface area contributed by atoms with Gasteiger partial charge in [0.1, 0.15) is 23.2 Å². The molecule has 3 heterocycles. The lowest BCUT2D eigenvalue weighted by molar-refractivity contribution is -0.131.